The molecule has 2 N–H and O–H groups in total. The molecule has 1 amide bonds. The van der Waals surface area contributed by atoms with Gasteiger partial charge in [0.2, 0.25) is 0 Å². The summed E-state index contributed by atoms with van der Waals surface area (Å²) in [5, 5.41) is 13.8. The molecule has 13 heteroatoms. The fraction of sp³-hybridized carbons (Fsp3) is 0.273. The minimum absolute atomic E-state index is 0.0569. The van der Waals surface area contributed by atoms with Gasteiger partial charge in [-0.1, -0.05) is 36.4 Å². The van der Waals surface area contributed by atoms with Crippen LogP contribution in [0.4, 0.5) is 11.4 Å². The average molecular weight is 773 g/mol. The zero-order chi connectivity index (χ0) is 40.1. The van der Waals surface area contributed by atoms with E-state index < -0.39 is 5.97 Å². The number of fused-ring (bicyclic) bond motifs is 2. The second-order valence-corrected chi connectivity index (χ2v) is 13.2. The third-order valence-electron chi connectivity index (χ3n) is 9.85. The molecule has 13 nitrogen and oxygen atoms in total. The molecule has 0 saturated carbocycles. The molecule has 2 saturated heterocycles. The minimum atomic E-state index is -0.918. The molecule has 0 aliphatic carbocycles. The van der Waals surface area contributed by atoms with Gasteiger partial charge in [0.25, 0.3) is 5.91 Å². The van der Waals surface area contributed by atoms with Crippen LogP contribution in [-0.2, 0) is 0 Å². The van der Waals surface area contributed by atoms with Crippen LogP contribution in [-0.4, -0.2) is 113 Å². The third kappa shape index (κ3) is 9.99. The molecule has 8 rings (SSSR count). The van der Waals surface area contributed by atoms with E-state index in [0.717, 1.165) is 84.5 Å². The van der Waals surface area contributed by atoms with Gasteiger partial charge in [0.15, 0.2) is 0 Å². The summed E-state index contributed by atoms with van der Waals surface area (Å²) in [6.07, 6.45) is 3.21. The highest BCUT2D eigenvalue weighted by atomic mass is 16.5. The van der Waals surface area contributed by atoms with E-state index >= 15 is 0 Å². The smallest absolute Gasteiger partial charge is 0.336 e. The molecule has 2 aliphatic rings. The molecule has 0 unspecified atom stereocenters. The van der Waals surface area contributed by atoms with E-state index in [0.29, 0.717) is 35.1 Å². The highest BCUT2D eigenvalue weighted by Crippen LogP contribution is 2.30. The highest BCUT2D eigenvalue weighted by molar-refractivity contribution is 6.06. The van der Waals surface area contributed by atoms with Crippen molar-refractivity contribution in [3.8, 4) is 23.0 Å². The summed E-state index contributed by atoms with van der Waals surface area (Å²) in [6, 6.07) is 30.1. The lowest BCUT2D eigenvalue weighted by molar-refractivity contribution is 0.0697. The Morgan fingerprint density at radius 2 is 0.982 bits per heavy atom. The predicted molar refractivity (Wildman–Crippen MR) is 223 cm³/mol. The first kappa shape index (κ1) is 40.1. The maximum absolute atomic E-state index is 13.1. The summed E-state index contributed by atoms with van der Waals surface area (Å²) in [5.41, 5.74) is 4.76. The Bertz CT molecular complexity index is 2230. The van der Waals surface area contributed by atoms with Crippen molar-refractivity contribution < 1.29 is 33.6 Å². The highest BCUT2D eigenvalue weighted by Gasteiger charge is 2.24. The van der Waals surface area contributed by atoms with E-state index in [4.69, 9.17) is 24.1 Å². The molecule has 2 aromatic heterocycles. The zero-order valence-corrected chi connectivity index (χ0v) is 32.7. The first-order chi connectivity index (χ1) is 27.8. The van der Waals surface area contributed by atoms with Crippen LogP contribution in [0.2, 0.25) is 0 Å². The number of carboxylic acids is 1. The van der Waals surface area contributed by atoms with Gasteiger partial charge in [-0.05, 0) is 24.3 Å². The number of methoxy groups -OCH3 is 4. The number of carbonyl (C=O) groups is 2. The number of piperazine rings is 2. The summed E-state index contributed by atoms with van der Waals surface area (Å²) in [6.45, 7) is 6.94. The van der Waals surface area contributed by atoms with Crippen LogP contribution in [0.5, 0.6) is 23.0 Å². The number of pyridine rings is 2. The van der Waals surface area contributed by atoms with Crippen LogP contribution >= 0.6 is 0 Å². The number of para-hydroxylation sites is 2. The van der Waals surface area contributed by atoms with Gasteiger partial charge in [0.05, 0.1) is 50.6 Å². The lowest BCUT2D eigenvalue weighted by atomic mass is 10.1. The van der Waals surface area contributed by atoms with E-state index in [-0.39, 0.29) is 5.91 Å². The number of aromatic nitrogens is 2. The largest absolute Gasteiger partial charge is 0.497 e. The van der Waals surface area contributed by atoms with Gasteiger partial charge in [-0.3, -0.25) is 14.8 Å². The van der Waals surface area contributed by atoms with Gasteiger partial charge in [-0.2, -0.15) is 0 Å². The van der Waals surface area contributed by atoms with Crippen molar-refractivity contribution in [1.29, 1.82) is 0 Å². The Morgan fingerprint density at radius 3 is 1.44 bits per heavy atom. The summed E-state index contributed by atoms with van der Waals surface area (Å²) < 4.78 is 21.3. The fourth-order valence-corrected chi connectivity index (χ4v) is 6.78. The molecule has 2 fully saturated rings. The number of rotatable bonds is 8. The Balaban J connectivity index is 0.000000160. The molecule has 4 heterocycles. The molecular weight excluding hydrogens is 725 g/mol. The minimum Gasteiger partial charge on any atom is -0.497 e. The number of nitrogens with zero attached hydrogens (tertiary/aromatic N) is 5. The summed E-state index contributed by atoms with van der Waals surface area (Å²) in [5.74, 6) is 2.34. The number of amides is 1. The normalized spacial score (nSPS) is 13.8. The number of hydrogen-bond acceptors (Lipinski definition) is 11. The van der Waals surface area contributed by atoms with Crippen molar-refractivity contribution in [3.05, 3.63) is 121 Å². The van der Waals surface area contributed by atoms with E-state index in [1.54, 1.807) is 52.8 Å². The number of ether oxygens (including phenoxy) is 4. The molecular formula is C44H48N6O7. The van der Waals surface area contributed by atoms with Crippen LogP contribution in [0, 0.1) is 0 Å². The summed E-state index contributed by atoms with van der Waals surface area (Å²) in [4.78, 5) is 38.8. The molecule has 4 aromatic carbocycles. The van der Waals surface area contributed by atoms with E-state index in [1.807, 2.05) is 77.7 Å². The van der Waals surface area contributed by atoms with Crippen molar-refractivity contribution in [2.75, 3.05) is 90.6 Å². The van der Waals surface area contributed by atoms with E-state index in [1.165, 1.54) is 12.3 Å². The number of hydrogen-bond donors (Lipinski definition) is 2. The van der Waals surface area contributed by atoms with E-state index in [9.17, 15) is 9.59 Å². The lowest BCUT2D eigenvalue weighted by Gasteiger charge is -2.36. The van der Waals surface area contributed by atoms with Gasteiger partial charge in [-0.25, -0.2) is 4.79 Å². The monoisotopic (exact) mass is 772 g/mol. The SMILES string of the molecule is COc1cc(OC)cc(N2CCN(C(=O)c3ccnc4ccccc34)CC2)c1.COc1cc(OC)cc(N2CCNCC2)c1.O=C(O)c1ccnc2ccccc12. The second kappa shape index (κ2) is 19.3. The number of carbonyl (C=O) groups excluding carboxylic acids is 1. The number of carboxylic acid groups (broad SMARTS) is 1. The zero-order valence-electron chi connectivity index (χ0n) is 32.7. The Labute approximate surface area is 332 Å². The second-order valence-electron chi connectivity index (χ2n) is 13.2. The van der Waals surface area contributed by atoms with Crippen LogP contribution in [0.1, 0.15) is 20.7 Å². The third-order valence-corrected chi connectivity index (χ3v) is 9.85. The molecule has 6 aromatic rings. The van der Waals surface area contributed by atoms with Crippen molar-refractivity contribution in [2.24, 2.45) is 0 Å². The van der Waals surface area contributed by atoms with Crippen molar-refractivity contribution in [3.63, 3.8) is 0 Å². The Kier molecular flexibility index (Phi) is 13.6. The van der Waals surface area contributed by atoms with E-state index in [2.05, 4.69) is 25.1 Å². The van der Waals surface area contributed by atoms with Crippen LogP contribution in [0.3, 0.4) is 0 Å². The maximum Gasteiger partial charge on any atom is 0.336 e. The Morgan fingerprint density at radius 1 is 0.561 bits per heavy atom. The molecule has 2 aliphatic heterocycles. The van der Waals surface area contributed by atoms with Gasteiger partial charge >= 0.3 is 5.97 Å². The average Bonchev–Trinajstić information content (AvgIpc) is 3.28. The van der Waals surface area contributed by atoms with Gasteiger partial charge < -0.3 is 44.1 Å². The number of nitrogens with one attached hydrogen (secondary N) is 1. The lowest BCUT2D eigenvalue weighted by Crippen LogP contribution is -2.48. The molecule has 57 heavy (non-hydrogen) atoms. The number of aromatic carboxylic acids is 1. The van der Waals surface area contributed by atoms with Crippen molar-refractivity contribution in [1.82, 2.24) is 20.2 Å². The van der Waals surface area contributed by atoms with Crippen LogP contribution < -0.4 is 34.1 Å². The number of benzene rings is 4. The molecule has 0 atom stereocenters. The summed E-state index contributed by atoms with van der Waals surface area (Å²) >= 11 is 0. The standard InChI is InChI=1S/C22H23N3O3.C12H18N2O2.C10H7NO2/c1-27-17-13-16(14-18(15-17)28-2)24-9-11-25(12-10-24)22(26)20-7-8-23-21-6-4-3-5-19(20)21;1-15-11-7-10(8-12(9-11)16-2)14-5-3-13-4-6-14;12-10(13)8-5-6-11-9-4-2-1-3-7(8)9/h3-8,13-15H,9-12H2,1-2H3;7-9,13H,3-6H2,1-2H3;1-6H,(H,12,13). The quantitative estimate of drug-likeness (QED) is 0.181. The molecule has 0 radical (unpaired) electrons. The van der Waals surface area contributed by atoms with Crippen LogP contribution in [0.25, 0.3) is 21.8 Å². The fourth-order valence-electron chi connectivity index (χ4n) is 6.78. The maximum atomic E-state index is 13.1. The van der Waals surface area contributed by atoms with Gasteiger partial charge in [0, 0.05) is 123 Å². The molecule has 0 spiro atoms. The number of anilines is 2. The van der Waals surface area contributed by atoms with Crippen LogP contribution in [0.15, 0.2) is 109 Å². The van der Waals surface area contributed by atoms with Gasteiger partial charge in [-0.15, -0.1) is 0 Å². The first-order valence-electron chi connectivity index (χ1n) is 18.7. The van der Waals surface area contributed by atoms with Crippen molar-refractivity contribution >= 4 is 45.1 Å². The topological polar surface area (TPSA) is 139 Å². The van der Waals surface area contributed by atoms with Crippen molar-refractivity contribution in [2.45, 2.75) is 0 Å². The molecule has 0 bridgehead atoms. The Hall–Kier alpha value is -6.60. The summed E-state index contributed by atoms with van der Waals surface area (Å²) in [7, 11) is 6.65. The molecule has 296 valence electrons. The first-order valence-corrected chi connectivity index (χ1v) is 18.7. The predicted octanol–water partition coefficient (Wildman–Crippen LogP) is 6.26. The van der Waals surface area contributed by atoms with Gasteiger partial charge in [0.1, 0.15) is 23.0 Å².